The smallest absolute Gasteiger partial charge is 0.240 e. The van der Waals surface area contributed by atoms with E-state index in [9.17, 15) is 9.59 Å². The molecule has 0 aliphatic heterocycles. The summed E-state index contributed by atoms with van der Waals surface area (Å²) in [4.78, 5) is 21.8. The fourth-order valence-electron chi connectivity index (χ4n) is 0.568. The van der Waals surface area contributed by atoms with E-state index in [4.69, 9.17) is 11.5 Å². The van der Waals surface area contributed by atoms with E-state index < -0.39 is 23.9 Å². The number of hydrogen-bond donors (Lipinski definition) is 5. The largest absolute Gasteiger partial charge is 0.368 e. The molecule has 1 unspecified atom stereocenters. The zero-order valence-corrected chi connectivity index (χ0v) is 8.72. The molecule has 0 aliphatic rings. The number of carbonyl (C=O) groups excluding carboxylic acids is 2. The summed E-state index contributed by atoms with van der Waals surface area (Å²) >= 11 is 7.69. The van der Waals surface area contributed by atoms with Crippen LogP contribution in [0.4, 0.5) is 0 Å². The third-order valence-corrected chi connectivity index (χ3v) is 2.13. The van der Waals surface area contributed by atoms with Crippen LogP contribution in [0.5, 0.6) is 0 Å². The number of nitrogens with two attached hydrogens (primary N) is 2. The van der Waals surface area contributed by atoms with Crippen molar-refractivity contribution >= 4 is 37.1 Å². The molecule has 0 heterocycles. The van der Waals surface area contributed by atoms with Gasteiger partial charge in [0.15, 0.2) is 0 Å². The molecular formula is C6H13N3O2S2. The fourth-order valence-corrected chi connectivity index (χ4v) is 1.01. The van der Waals surface area contributed by atoms with Gasteiger partial charge in [0.2, 0.25) is 11.8 Å². The maximum absolute atomic E-state index is 11.1. The SMILES string of the molecule is NC(=O)C(CS)NC(=O)[C@@H](N)CS. The number of carbonyl (C=O) groups is 2. The van der Waals surface area contributed by atoms with Crippen LogP contribution in [-0.4, -0.2) is 35.4 Å². The molecule has 0 aromatic heterocycles. The van der Waals surface area contributed by atoms with E-state index in [1.165, 1.54) is 0 Å². The van der Waals surface area contributed by atoms with Crippen molar-refractivity contribution in [2.45, 2.75) is 12.1 Å². The number of thiol groups is 2. The van der Waals surface area contributed by atoms with Crippen LogP contribution in [0.2, 0.25) is 0 Å². The van der Waals surface area contributed by atoms with Gasteiger partial charge >= 0.3 is 0 Å². The first-order chi connectivity index (χ1) is 6.02. The van der Waals surface area contributed by atoms with Crippen molar-refractivity contribution in [2.75, 3.05) is 11.5 Å². The van der Waals surface area contributed by atoms with Crippen LogP contribution in [0.3, 0.4) is 0 Å². The first kappa shape index (κ1) is 12.6. The summed E-state index contributed by atoms with van der Waals surface area (Å²) in [6.07, 6.45) is 0. The minimum Gasteiger partial charge on any atom is -0.368 e. The van der Waals surface area contributed by atoms with E-state index in [1.54, 1.807) is 0 Å². The average Bonchev–Trinajstić information content (AvgIpc) is 2.11. The second-order valence-corrected chi connectivity index (χ2v) is 3.17. The molecule has 0 aromatic rings. The van der Waals surface area contributed by atoms with Gasteiger partial charge in [-0.1, -0.05) is 0 Å². The quantitative estimate of drug-likeness (QED) is 0.354. The highest BCUT2D eigenvalue weighted by atomic mass is 32.1. The minimum absolute atomic E-state index is 0.153. The normalized spacial score (nSPS) is 14.7. The van der Waals surface area contributed by atoms with Crippen molar-refractivity contribution < 1.29 is 9.59 Å². The third-order valence-electron chi connectivity index (χ3n) is 1.38. The lowest BCUT2D eigenvalue weighted by atomic mass is 10.2. The van der Waals surface area contributed by atoms with Crippen molar-refractivity contribution in [1.29, 1.82) is 0 Å². The van der Waals surface area contributed by atoms with Gasteiger partial charge in [0.25, 0.3) is 0 Å². The molecule has 0 radical (unpaired) electrons. The van der Waals surface area contributed by atoms with Gasteiger partial charge in [-0.2, -0.15) is 25.3 Å². The summed E-state index contributed by atoms with van der Waals surface area (Å²) < 4.78 is 0. The molecule has 0 spiro atoms. The second kappa shape index (κ2) is 6.11. The Bertz CT molecular complexity index is 200. The lowest BCUT2D eigenvalue weighted by molar-refractivity contribution is -0.127. The molecule has 0 aromatic carbocycles. The lowest BCUT2D eigenvalue weighted by Gasteiger charge is -2.15. The molecule has 13 heavy (non-hydrogen) atoms. The van der Waals surface area contributed by atoms with Gasteiger partial charge in [0.1, 0.15) is 6.04 Å². The molecule has 0 rings (SSSR count). The summed E-state index contributed by atoms with van der Waals surface area (Å²) in [5.74, 6) is -0.716. The number of amides is 2. The van der Waals surface area contributed by atoms with Crippen LogP contribution in [0.1, 0.15) is 0 Å². The maximum atomic E-state index is 11.1. The van der Waals surface area contributed by atoms with Crippen LogP contribution < -0.4 is 16.8 Å². The van der Waals surface area contributed by atoms with E-state index in [1.807, 2.05) is 0 Å². The highest BCUT2D eigenvalue weighted by Gasteiger charge is 2.19. The summed E-state index contributed by atoms with van der Waals surface area (Å²) in [6, 6.07) is -1.51. The first-order valence-electron chi connectivity index (χ1n) is 3.60. The Morgan fingerprint density at radius 1 is 1.31 bits per heavy atom. The topological polar surface area (TPSA) is 98.2 Å². The van der Waals surface area contributed by atoms with Crippen molar-refractivity contribution in [3.05, 3.63) is 0 Å². The number of hydrogen-bond acceptors (Lipinski definition) is 5. The van der Waals surface area contributed by atoms with E-state index in [-0.39, 0.29) is 11.5 Å². The molecular weight excluding hydrogens is 210 g/mol. The Hall–Kier alpha value is -0.400. The van der Waals surface area contributed by atoms with Crippen molar-refractivity contribution in [3.63, 3.8) is 0 Å². The molecule has 5 N–H and O–H groups in total. The van der Waals surface area contributed by atoms with Crippen molar-refractivity contribution in [3.8, 4) is 0 Å². The number of primary amides is 1. The lowest BCUT2D eigenvalue weighted by Crippen LogP contribution is -2.51. The Morgan fingerprint density at radius 2 is 1.85 bits per heavy atom. The van der Waals surface area contributed by atoms with Gasteiger partial charge in [-0.3, -0.25) is 9.59 Å². The van der Waals surface area contributed by atoms with Gasteiger partial charge in [0.05, 0.1) is 6.04 Å². The zero-order chi connectivity index (χ0) is 10.4. The Kier molecular flexibility index (Phi) is 5.93. The molecule has 7 heteroatoms. The predicted octanol–water partition coefficient (Wildman–Crippen LogP) is -1.86. The van der Waals surface area contributed by atoms with Crippen molar-refractivity contribution in [1.82, 2.24) is 5.32 Å². The highest BCUT2D eigenvalue weighted by Crippen LogP contribution is 1.90. The highest BCUT2D eigenvalue weighted by molar-refractivity contribution is 7.80. The minimum atomic E-state index is -0.776. The molecule has 0 bridgehead atoms. The summed E-state index contributed by atoms with van der Waals surface area (Å²) in [6.45, 7) is 0. The first-order valence-corrected chi connectivity index (χ1v) is 4.86. The Balaban J connectivity index is 4.09. The maximum Gasteiger partial charge on any atom is 0.240 e. The summed E-state index contributed by atoms with van der Waals surface area (Å²) in [7, 11) is 0. The summed E-state index contributed by atoms with van der Waals surface area (Å²) in [5.41, 5.74) is 10.3. The van der Waals surface area contributed by atoms with Gasteiger partial charge in [-0.15, -0.1) is 0 Å². The molecule has 0 aliphatic carbocycles. The van der Waals surface area contributed by atoms with E-state index in [2.05, 4.69) is 30.6 Å². The third kappa shape index (κ3) is 4.39. The molecule has 5 nitrogen and oxygen atoms in total. The van der Waals surface area contributed by atoms with E-state index in [0.717, 1.165) is 0 Å². The van der Waals surface area contributed by atoms with Crippen molar-refractivity contribution in [2.24, 2.45) is 11.5 Å². The molecule has 0 saturated heterocycles. The van der Waals surface area contributed by atoms with Crippen LogP contribution in [0, 0.1) is 0 Å². The molecule has 2 amide bonds. The second-order valence-electron chi connectivity index (χ2n) is 2.44. The Morgan fingerprint density at radius 3 is 2.15 bits per heavy atom. The Labute approximate surface area is 87.4 Å². The number of rotatable bonds is 5. The van der Waals surface area contributed by atoms with E-state index in [0.29, 0.717) is 0 Å². The fraction of sp³-hybridized carbons (Fsp3) is 0.667. The van der Waals surface area contributed by atoms with Gasteiger partial charge < -0.3 is 16.8 Å². The van der Waals surface area contributed by atoms with Crippen LogP contribution in [-0.2, 0) is 9.59 Å². The molecule has 76 valence electrons. The van der Waals surface area contributed by atoms with Crippen LogP contribution in [0.15, 0.2) is 0 Å². The van der Waals surface area contributed by atoms with Gasteiger partial charge in [0, 0.05) is 11.5 Å². The van der Waals surface area contributed by atoms with Crippen LogP contribution in [0.25, 0.3) is 0 Å². The zero-order valence-electron chi connectivity index (χ0n) is 6.93. The molecule has 0 saturated carbocycles. The van der Waals surface area contributed by atoms with Gasteiger partial charge in [-0.25, -0.2) is 0 Å². The van der Waals surface area contributed by atoms with Gasteiger partial charge in [-0.05, 0) is 0 Å². The van der Waals surface area contributed by atoms with E-state index >= 15 is 0 Å². The standard InChI is InChI=1S/C6H13N3O2S2/c7-3(1-12)6(11)9-4(2-13)5(8)10/h3-4,12-13H,1-2,7H2,(H2,8,10)(H,9,11)/t3-,4?/m0/s1. The van der Waals surface area contributed by atoms with Crippen LogP contribution >= 0.6 is 25.3 Å². The molecule has 0 fully saturated rings. The number of nitrogens with one attached hydrogen (secondary N) is 1. The monoisotopic (exact) mass is 223 g/mol. The average molecular weight is 223 g/mol. The predicted molar refractivity (Wildman–Crippen MR) is 56.8 cm³/mol. The molecule has 2 atom stereocenters. The summed E-state index contributed by atoms with van der Waals surface area (Å²) in [5, 5.41) is 2.35.